The molecule has 0 saturated carbocycles. The lowest BCUT2D eigenvalue weighted by atomic mass is 9.93. The summed E-state index contributed by atoms with van der Waals surface area (Å²) in [7, 11) is 1.35. The number of allylic oxidation sites excluding steroid dienone is 2. The molecule has 2 atom stereocenters. The quantitative estimate of drug-likeness (QED) is 0.544. The third kappa shape index (κ3) is 3.92. The van der Waals surface area contributed by atoms with Gasteiger partial charge in [-0.05, 0) is 26.7 Å². The lowest BCUT2D eigenvalue weighted by Crippen LogP contribution is -2.29. The van der Waals surface area contributed by atoms with Gasteiger partial charge < -0.3 is 9.84 Å². The van der Waals surface area contributed by atoms with E-state index in [2.05, 4.69) is 4.74 Å². The van der Waals surface area contributed by atoms with Crippen molar-refractivity contribution < 1.29 is 14.6 Å². The molecule has 82 valence electrons. The molecule has 0 aromatic heterocycles. The zero-order valence-corrected chi connectivity index (χ0v) is 9.41. The molecule has 0 aliphatic rings. The number of aliphatic hydroxyl groups is 1. The average molecular weight is 200 g/mol. The molecular weight excluding hydrogens is 180 g/mol. The molecule has 14 heavy (non-hydrogen) atoms. The van der Waals surface area contributed by atoms with Crippen molar-refractivity contribution >= 4 is 5.97 Å². The fraction of sp³-hybridized carbons (Fsp3) is 0.727. The van der Waals surface area contributed by atoms with Crippen LogP contribution in [0.5, 0.6) is 0 Å². The van der Waals surface area contributed by atoms with Gasteiger partial charge in [0.05, 0.1) is 19.1 Å². The summed E-state index contributed by atoms with van der Waals surface area (Å²) in [6.45, 7) is 5.71. The highest BCUT2D eigenvalue weighted by molar-refractivity contribution is 5.73. The summed E-state index contributed by atoms with van der Waals surface area (Å²) in [5, 5.41) is 9.64. The van der Waals surface area contributed by atoms with Crippen molar-refractivity contribution in [1.82, 2.24) is 0 Å². The molecule has 0 bridgehead atoms. The van der Waals surface area contributed by atoms with E-state index >= 15 is 0 Å². The summed E-state index contributed by atoms with van der Waals surface area (Å²) >= 11 is 0. The molecule has 0 heterocycles. The van der Waals surface area contributed by atoms with Crippen molar-refractivity contribution in [3.63, 3.8) is 0 Å². The lowest BCUT2D eigenvalue weighted by Gasteiger charge is -2.19. The Balaban J connectivity index is 4.47. The van der Waals surface area contributed by atoms with Crippen molar-refractivity contribution in [2.45, 2.75) is 39.7 Å². The van der Waals surface area contributed by atoms with E-state index in [4.69, 9.17) is 0 Å². The molecule has 0 aliphatic heterocycles. The van der Waals surface area contributed by atoms with Crippen LogP contribution in [0.15, 0.2) is 11.6 Å². The zero-order valence-electron chi connectivity index (χ0n) is 9.41. The van der Waals surface area contributed by atoms with Crippen molar-refractivity contribution in [3.8, 4) is 0 Å². The highest BCUT2D eigenvalue weighted by atomic mass is 16.5. The standard InChI is InChI=1S/C11H20O3/c1-5-8(3)7-9(10(12)6-2)11(13)14-4/h5,9-10,12H,6-7H2,1-4H3/b8-5+/t9-,10?/m1/s1. The Hall–Kier alpha value is -0.830. The van der Waals surface area contributed by atoms with Crippen molar-refractivity contribution in [2.24, 2.45) is 5.92 Å². The SMILES string of the molecule is C/C=C(\C)C[C@@H](C(=O)OC)C(O)CC. The van der Waals surface area contributed by atoms with Gasteiger partial charge in [-0.25, -0.2) is 0 Å². The number of ether oxygens (including phenoxy) is 1. The van der Waals surface area contributed by atoms with Crippen LogP contribution >= 0.6 is 0 Å². The van der Waals surface area contributed by atoms with Gasteiger partial charge in [0.25, 0.3) is 0 Å². The molecule has 1 unspecified atom stereocenters. The summed E-state index contributed by atoms with van der Waals surface area (Å²) in [5.41, 5.74) is 1.09. The minimum absolute atomic E-state index is 0.333. The van der Waals surface area contributed by atoms with Gasteiger partial charge in [0.15, 0.2) is 0 Å². The monoisotopic (exact) mass is 200 g/mol. The summed E-state index contributed by atoms with van der Waals surface area (Å²) in [6, 6.07) is 0. The Morgan fingerprint density at radius 2 is 2.14 bits per heavy atom. The van der Waals surface area contributed by atoms with E-state index < -0.39 is 12.0 Å². The highest BCUT2D eigenvalue weighted by Crippen LogP contribution is 2.18. The van der Waals surface area contributed by atoms with Gasteiger partial charge >= 0.3 is 5.97 Å². The summed E-state index contributed by atoms with van der Waals surface area (Å²) in [6.07, 6.45) is 2.46. The van der Waals surface area contributed by atoms with E-state index in [1.165, 1.54) is 7.11 Å². The third-order valence-electron chi connectivity index (χ3n) is 2.42. The number of aliphatic hydroxyl groups excluding tert-OH is 1. The average Bonchev–Trinajstić information content (AvgIpc) is 2.23. The van der Waals surface area contributed by atoms with Gasteiger partial charge in [-0.3, -0.25) is 4.79 Å². The van der Waals surface area contributed by atoms with Crippen LogP contribution in [0.25, 0.3) is 0 Å². The maximum atomic E-state index is 11.4. The lowest BCUT2D eigenvalue weighted by molar-refractivity contribution is -0.149. The van der Waals surface area contributed by atoms with Crippen LogP contribution in [0, 0.1) is 5.92 Å². The first-order valence-corrected chi connectivity index (χ1v) is 4.94. The number of hydrogen-bond acceptors (Lipinski definition) is 3. The largest absolute Gasteiger partial charge is 0.469 e. The normalized spacial score (nSPS) is 16.2. The van der Waals surface area contributed by atoms with Gasteiger partial charge in [-0.2, -0.15) is 0 Å². The minimum Gasteiger partial charge on any atom is -0.469 e. The number of carbonyl (C=O) groups is 1. The molecule has 0 fully saturated rings. The minimum atomic E-state index is -0.614. The Bertz CT molecular complexity index is 209. The number of carbonyl (C=O) groups excluding carboxylic acids is 1. The van der Waals surface area contributed by atoms with E-state index in [1.807, 2.05) is 26.8 Å². The van der Waals surface area contributed by atoms with E-state index in [0.717, 1.165) is 5.57 Å². The van der Waals surface area contributed by atoms with E-state index in [1.54, 1.807) is 0 Å². The molecule has 3 heteroatoms. The molecule has 0 aromatic carbocycles. The second-order valence-electron chi connectivity index (χ2n) is 3.44. The number of esters is 1. The number of hydrogen-bond donors (Lipinski definition) is 1. The molecule has 0 aromatic rings. The van der Waals surface area contributed by atoms with Gasteiger partial charge in [0.2, 0.25) is 0 Å². The van der Waals surface area contributed by atoms with Crippen molar-refractivity contribution in [2.75, 3.05) is 7.11 Å². The van der Waals surface area contributed by atoms with Crippen LogP contribution in [0.3, 0.4) is 0 Å². The first-order chi connectivity index (χ1) is 6.56. The first-order valence-electron chi connectivity index (χ1n) is 4.94. The Morgan fingerprint density at radius 3 is 2.50 bits per heavy atom. The molecule has 0 amide bonds. The van der Waals surface area contributed by atoms with E-state index in [-0.39, 0.29) is 5.97 Å². The van der Waals surface area contributed by atoms with E-state index in [9.17, 15) is 9.90 Å². The van der Waals surface area contributed by atoms with E-state index in [0.29, 0.717) is 12.8 Å². The van der Waals surface area contributed by atoms with Crippen molar-refractivity contribution in [1.29, 1.82) is 0 Å². The van der Waals surface area contributed by atoms with Crippen LogP contribution in [-0.2, 0) is 9.53 Å². The Labute approximate surface area is 85.8 Å². The Morgan fingerprint density at radius 1 is 1.57 bits per heavy atom. The maximum absolute atomic E-state index is 11.4. The molecule has 1 N–H and O–H groups in total. The zero-order chi connectivity index (χ0) is 11.1. The summed E-state index contributed by atoms with van der Waals surface area (Å²) in [4.78, 5) is 11.4. The topological polar surface area (TPSA) is 46.5 Å². The van der Waals surface area contributed by atoms with Crippen LogP contribution in [0.2, 0.25) is 0 Å². The second kappa shape index (κ2) is 6.60. The fourth-order valence-electron chi connectivity index (χ4n) is 1.28. The van der Waals surface area contributed by atoms with Gasteiger partial charge in [-0.1, -0.05) is 18.6 Å². The number of methoxy groups -OCH3 is 1. The van der Waals surface area contributed by atoms with Crippen LogP contribution < -0.4 is 0 Å². The van der Waals surface area contributed by atoms with Crippen molar-refractivity contribution in [3.05, 3.63) is 11.6 Å². The predicted molar refractivity (Wildman–Crippen MR) is 55.9 cm³/mol. The Kier molecular flexibility index (Phi) is 6.21. The number of rotatable bonds is 5. The molecule has 0 spiro atoms. The summed E-state index contributed by atoms with van der Waals surface area (Å²) < 4.78 is 4.65. The van der Waals surface area contributed by atoms with Gasteiger partial charge in [0.1, 0.15) is 0 Å². The molecule has 0 rings (SSSR count). The third-order valence-corrected chi connectivity index (χ3v) is 2.42. The first kappa shape index (κ1) is 13.2. The maximum Gasteiger partial charge on any atom is 0.311 e. The highest BCUT2D eigenvalue weighted by Gasteiger charge is 2.26. The molecular formula is C11H20O3. The predicted octanol–water partition coefficient (Wildman–Crippen LogP) is 1.90. The molecule has 0 radical (unpaired) electrons. The second-order valence-corrected chi connectivity index (χ2v) is 3.44. The van der Waals surface area contributed by atoms with Crippen LogP contribution in [0.4, 0.5) is 0 Å². The molecule has 0 saturated heterocycles. The van der Waals surface area contributed by atoms with Crippen LogP contribution in [-0.4, -0.2) is 24.3 Å². The molecule has 0 aliphatic carbocycles. The summed E-state index contributed by atoms with van der Waals surface area (Å²) in [5.74, 6) is -0.762. The smallest absolute Gasteiger partial charge is 0.311 e. The van der Waals surface area contributed by atoms with Gasteiger partial charge in [0, 0.05) is 0 Å². The fourth-order valence-corrected chi connectivity index (χ4v) is 1.28. The van der Waals surface area contributed by atoms with Gasteiger partial charge in [-0.15, -0.1) is 0 Å². The van der Waals surface area contributed by atoms with Crippen LogP contribution in [0.1, 0.15) is 33.6 Å². The molecule has 3 nitrogen and oxygen atoms in total.